The van der Waals surface area contributed by atoms with Gasteiger partial charge in [-0.2, -0.15) is 0 Å². The van der Waals surface area contributed by atoms with E-state index in [2.05, 4.69) is 0 Å². The number of pyridine rings is 1. The van der Waals surface area contributed by atoms with Crippen molar-refractivity contribution in [3.05, 3.63) is 45.2 Å². The van der Waals surface area contributed by atoms with E-state index >= 15 is 0 Å². The summed E-state index contributed by atoms with van der Waals surface area (Å²) < 4.78 is 1.90. The van der Waals surface area contributed by atoms with Crippen LogP contribution in [0.3, 0.4) is 0 Å². The molecule has 1 aromatic heterocycles. The van der Waals surface area contributed by atoms with Crippen LogP contribution in [-0.4, -0.2) is 10.4 Å². The minimum Gasteiger partial charge on any atom is -0.347 e. The van der Waals surface area contributed by atoms with Crippen molar-refractivity contribution in [1.82, 2.24) is 4.57 Å². The Morgan fingerprint density at radius 3 is 2.47 bits per heavy atom. The molecule has 2 rings (SSSR count). The second kappa shape index (κ2) is 3.84. The molecule has 0 unspecified atom stereocenters. The number of benzene rings is 1. The summed E-state index contributed by atoms with van der Waals surface area (Å²) in [6.45, 7) is 5.18. The number of hydrogen-bond donors (Lipinski definition) is 0. The lowest BCUT2D eigenvalue weighted by Crippen LogP contribution is -2.20. The fourth-order valence-corrected chi connectivity index (χ4v) is 2.19. The number of carbonyl (C=O) groups is 1. The first-order valence-corrected chi connectivity index (χ1v) is 5.54. The van der Waals surface area contributed by atoms with E-state index in [4.69, 9.17) is 0 Å². The van der Waals surface area contributed by atoms with Gasteiger partial charge in [-0.05, 0) is 32.9 Å². The van der Waals surface area contributed by atoms with E-state index < -0.39 is 0 Å². The average molecular weight is 229 g/mol. The van der Waals surface area contributed by atoms with E-state index in [1.54, 1.807) is 6.92 Å². The van der Waals surface area contributed by atoms with E-state index in [0.717, 1.165) is 16.8 Å². The second-order valence-electron chi connectivity index (χ2n) is 4.43. The van der Waals surface area contributed by atoms with Gasteiger partial charge in [0.15, 0.2) is 11.2 Å². The van der Waals surface area contributed by atoms with Gasteiger partial charge in [-0.3, -0.25) is 9.59 Å². The number of carbonyl (C=O) groups excluding carboxylic acids is 1. The Hall–Kier alpha value is -1.90. The summed E-state index contributed by atoms with van der Waals surface area (Å²) in [7, 11) is 1.87. The van der Waals surface area contributed by atoms with Gasteiger partial charge in [-0.25, -0.2) is 0 Å². The second-order valence-corrected chi connectivity index (χ2v) is 4.43. The molecule has 0 amide bonds. The smallest absolute Gasteiger partial charge is 0.200 e. The number of ketones is 1. The molecule has 1 aromatic carbocycles. The predicted octanol–water partition coefficient (Wildman–Crippen LogP) is 2.36. The Kier molecular flexibility index (Phi) is 2.62. The van der Waals surface area contributed by atoms with E-state index in [1.807, 2.05) is 36.7 Å². The van der Waals surface area contributed by atoms with E-state index in [9.17, 15) is 9.59 Å². The molecule has 0 spiro atoms. The molecule has 2 aromatic rings. The molecule has 17 heavy (non-hydrogen) atoms. The highest BCUT2D eigenvalue weighted by atomic mass is 16.1. The highest BCUT2D eigenvalue weighted by Crippen LogP contribution is 2.16. The third-order valence-corrected chi connectivity index (χ3v) is 3.20. The summed E-state index contributed by atoms with van der Waals surface area (Å²) in [5.74, 6) is -0.175. The number of rotatable bonds is 1. The maximum Gasteiger partial charge on any atom is 0.200 e. The van der Waals surface area contributed by atoms with Crippen LogP contribution in [0.15, 0.2) is 23.0 Å². The number of hydrogen-bond acceptors (Lipinski definition) is 2. The predicted molar refractivity (Wildman–Crippen MR) is 68.7 cm³/mol. The quantitative estimate of drug-likeness (QED) is 0.704. The Balaban J connectivity index is 3.06. The number of fused-ring (bicyclic) bond motifs is 1. The third-order valence-electron chi connectivity index (χ3n) is 3.20. The number of aromatic nitrogens is 1. The van der Waals surface area contributed by atoms with Gasteiger partial charge in [0.1, 0.15) is 0 Å². The lowest BCUT2D eigenvalue weighted by molar-refractivity contribution is 0.101. The van der Waals surface area contributed by atoms with E-state index in [0.29, 0.717) is 10.9 Å². The van der Waals surface area contributed by atoms with Crippen molar-refractivity contribution < 1.29 is 4.79 Å². The fourth-order valence-electron chi connectivity index (χ4n) is 2.19. The van der Waals surface area contributed by atoms with Gasteiger partial charge in [0, 0.05) is 18.1 Å². The van der Waals surface area contributed by atoms with Crippen LogP contribution in [0.2, 0.25) is 0 Å². The molecule has 0 saturated heterocycles. The number of aryl methyl sites for hydroxylation is 2. The molecular formula is C14H15NO2. The Morgan fingerprint density at radius 1 is 1.24 bits per heavy atom. The molecule has 88 valence electrons. The normalized spacial score (nSPS) is 10.8. The standard InChI is InChI=1S/C14H15NO2/c1-8-5-6-12-11(7-8)14(17)13(10(3)16)9(2)15(12)4/h5-7H,1-4H3. The van der Waals surface area contributed by atoms with Gasteiger partial charge in [0.25, 0.3) is 0 Å². The summed E-state index contributed by atoms with van der Waals surface area (Å²) >= 11 is 0. The van der Waals surface area contributed by atoms with Gasteiger partial charge in [-0.15, -0.1) is 0 Å². The van der Waals surface area contributed by atoms with Crippen LogP contribution in [0.1, 0.15) is 28.5 Å². The third kappa shape index (κ3) is 1.68. The summed E-state index contributed by atoms with van der Waals surface area (Å²) in [5, 5.41) is 0.614. The van der Waals surface area contributed by atoms with Gasteiger partial charge >= 0.3 is 0 Å². The van der Waals surface area contributed by atoms with E-state index in [-0.39, 0.29) is 11.2 Å². The van der Waals surface area contributed by atoms with Crippen LogP contribution in [0.4, 0.5) is 0 Å². The highest BCUT2D eigenvalue weighted by molar-refractivity contribution is 5.98. The molecule has 0 N–H and O–H groups in total. The van der Waals surface area contributed by atoms with Crippen LogP contribution >= 0.6 is 0 Å². The minimum absolute atomic E-state index is 0.160. The van der Waals surface area contributed by atoms with Crippen LogP contribution < -0.4 is 5.43 Å². The van der Waals surface area contributed by atoms with Crippen molar-refractivity contribution in [1.29, 1.82) is 0 Å². The molecule has 3 nitrogen and oxygen atoms in total. The average Bonchev–Trinajstić information content (AvgIpc) is 2.26. The summed E-state index contributed by atoms with van der Waals surface area (Å²) in [4.78, 5) is 23.8. The molecule has 0 aliphatic carbocycles. The molecule has 0 radical (unpaired) electrons. The molecule has 0 saturated carbocycles. The maximum atomic E-state index is 12.3. The molecular weight excluding hydrogens is 214 g/mol. The van der Waals surface area contributed by atoms with Crippen molar-refractivity contribution in [2.24, 2.45) is 7.05 Å². The van der Waals surface area contributed by atoms with Crippen molar-refractivity contribution in [2.75, 3.05) is 0 Å². The van der Waals surface area contributed by atoms with Crippen molar-refractivity contribution in [2.45, 2.75) is 20.8 Å². The van der Waals surface area contributed by atoms with Gasteiger partial charge in [-0.1, -0.05) is 11.6 Å². The fraction of sp³-hybridized carbons (Fsp3) is 0.286. The number of Topliss-reactive ketones (excluding diaryl/α,β-unsaturated/α-hetero) is 1. The van der Waals surface area contributed by atoms with Crippen LogP contribution in [0, 0.1) is 13.8 Å². The molecule has 0 aliphatic rings. The Morgan fingerprint density at radius 2 is 1.88 bits per heavy atom. The molecule has 0 bridgehead atoms. The highest BCUT2D eigenvalue weighted by Gasteiger charge is 2.15. The maximum absolute atomic E-state index is 12.3. The van der Waals surface area contributed by atoms with E-state index in [1.165, 1.54) is 6.92 Å². The molecule has 0 fully saturated rings. The summed E-state index contributed by atoms with van der Waals surface area (Å²) in [5.41, 5.74) is 2.74. The van der Waals surface area contributed by atoms with Crippen molar-refractivity contribution >= 4 is 16.7 Å². The number of nitrogens with zero attached hydrogens (tertiary/aromatic N) is 1. The zero-order valence-electron chi connectivity index (χ0n) is 10.5. The van der Waals surface area contributed by atoms with Gasteiger partial charge in [0.2, 0.25) is 0 Å². The van der Waals surface area contributed by atoms with Crippen molar-refractivity contribution in [3.63, 3.8) is 0 Å². The first-order chi connectivity index (χ1) is 7.93. The summed E-state index contributed by atoms with van der Waals surface area (Å²) in [6, 6.07) is 5.72. The zero-order chi connectivity index (χ0) is 12.7. The molecule has 1 heterocycles. The van der Waals surface area contributed by atoms with Crippen LogP contribution in [0.25, 0.3) is 10.9 Å². The molecule has 0 atom stereocenters. The Labute approximate surface area is 99.7 Å². The van der Waals surface area contributed by atoms with Gasteiger partial charge < -0.3 is 4.57 Å². The zero-order valence-corrected chi connectivity index (χ0v) is 10.5. The topological polar surface area (TPSA) is 39.1 Å². The van der Waals surface area contributed by atoms with Gasteiger partial charge in [0.05, 0.1) is 11.1 Å². The van der Waals surface area contributed by atoms with Crippen molar-refractivity contribution in [3.8, 4) is 0 Å². The van der Waals surface area contributed by atoms with Crippen LogP contribution in [0.5, 0.6) is 0 Å². The summed E-state index contributed by atoms with van der Waals surface area (Å²) in [6.07, 6.45) is 0. The lowest BCUT2D eigenvalue weighted by atomic mass is 10.0. The lowest BCUT2D eigenvalue weighted by Gasteiger charge is -2.13. The SMILES string of the molecule is CC(=O)c1c(C)n(C)c2ccc(C)cc2c1=O. The molecule has 0 aliphatic heterocycles. The minimum atomic E-state index is -0.175. The monoisotopic (exact) mass is 229 g/mol. The molecule has 3 heteroatoms. The Bertz CT molecular complexity index is 681. The first-order valence-electron chi connectivity index (χ1n) is 5.54. The van der Waals surface area contributed by atoms with Crippen LogP contribution in [-0.2, 0) is 7.05 Å². The first kappa shape index (κ1) is 11.6. The largest absolute Gasteiger partial charge is 0.347 e.